The summed E-state index contributed by atoms with van der Waals surface area (Å²) in [6.07, 6.45) is 2.69. The SMILES string of the molecule is Cc1cc(NCc2ccnc(OC3CCOC3)c2)c2cccc(F)c2n1. The second-order valence-electron chi connectivity index (χ2n) is 6.41. The molecule has 5 nitrogen and oxygen atoms in total. The Hall–Kier alpha value is -2.73. The van der Waals surface area contributed by atoms with Gasteiger partial charge >= 0.3 is 0 Å². The molecule has 134 valence electrons. The molecule has 0 bridgehead atoms. The van der Waals surface area contributed by atoms with Crippen molar-refractivity contribution in [3.8, 4) is 5.88 Å². The minimum Gasteiger partial charge on any atom is -0.472 e. The Labute approximate surface area is 151 Å². The van der Waals surface area contributed by atoms with E-state index in [1.54, 1.807) is 12.3 Å². The Balaban J connectivity index is 1.52. The second-order valence-corrected chi connectivity index (χ2v) is 6.41. The van der Waals surface area contributed by atoms with Crippen LogP contribution in [-0.2, 0) is 11.3 Å². The predicted octanol–water partition coefficient (Wildman–Crippen LogP) is 3.86. The fourth-order valence-electron chi connectivity index (χ4n) is 3.09. The smallest absolute Gasteiger partial charge is 0.213 e. The number of aryl methyl sites for hydroxylation is 1. The zero-order valence-corrected chi connectivity index (χ0v) is 14.5. The summed E-state index contributed by atoms with van der Waals surface area (Å²) in [4.78, 5) is 8.57. The van der Waals surface area contributed by atoms with E-state index in [4.69, 9.17) is 9.47 Å². The maximum Gasteiger partial charge on any atom is 0.213 e. The number of ether oxygens (including phenoxy) is 2. The number of rotatable bonds is 5. The van der Waals surface area contributed by atoms with Crippen molar-refractivity contribution in [3.63, 3.8) is 0 Å². The van der Waals surface area contributed by atoms with Crippen LogP contribution in [0.2, 0.25) is 0 Å². The molecule has 1 unspecified atom stereocenters. The summed E-state index contributed by atoms with van der Waals surface area (Å²) in [5.74, 6) is 0.286. The minimum atomic E-state index is -0.312. The molecule has 1 aliphatic rings. The first-order valence-corrected chi connectivity index (χ1v) is 8.68. The van der Waals surface area contributed by atoms with Gasteiger partial charge in [0.15, 0.2) is 0 Å². The monoisotopic (exact) mass is 353 g/mol. The van der Waals surface area contributed by atoms with Gasteiger partial charge in [-0.1, -0.05) is 12.1 Å². The summed E-state index contributed by atoms with van der Waals surface area (Å²) in [6, 6.07) is 10.8. The summed E-state index contributed by atoms with van der Waals surface area (Å²) in [7, 11) is 0. The molecule has 1 N–H and O–H groups in total. The second kappa shape index (κ2) is 7.25. The molecule has 3 heterocycles. The van der Waals surface area contributed by atoms with Gasteiger partial charge in [-0.3, -0.25) is 0 Å². The Bertz CT molecular complexity index is 926. The molecule has 0 saturated carbocycles. The highest BCUT2D eigenvalue weighted by Gasteiger charge is 2.17. The fourth-order valence-corrected chi connectivity index (χ4v) is 3.09. The lowest BCUT2D eigenvalue weighted by Gasteiger charge is -2.13. The molecule has 2 aromatic heterocycles. The summed E-state index contributed by atoms with van der Waals surface area (Å²) >= 11 is 0. The molecule has 0 aliphatic carbocycles. The van der Waals surface area contributed by atoms with Crippen molar-refractivity contribution in [1.82, 2.24) is 9.97 Å². The quantitative estimate of drug-likeness (QED) is 0.755. The fraction of sp³-hybridized carbons (Fsp3) is 0.300. The van der Waals surface area contributed by atoms with E-state index in [0.29, 0.717) is 24.5 Å². The Morgan fingerprint density at radius 1 is 1.31 bits per heavy atom. The lowest BCUT2D eigenvalue weighted by Crippen LogP contribution is -2.16. The molecule has 0 spiro atoms. The van der Waals surface area contributed by atoms with E-state index in [1.165, 1.54) is 6.07 Å². The van der Waals surface area contributed by atoms with E-state index in [1.807, 2.05) is 31.2 Å². The number of para-hydroxylation sites is 1. The van der Waals surface area contributed by atoms with E-state index in [0.717, 1.165) is 35.4 Å². The molecule has 1 saturated heterocycles. The number of hydrogen-bond acceptors (Lipinski definition) is 5. The minimum absolute atomic E-state index is 0.0699. The van der Waals surface area contributed by atoms with Crippen LogP contribution in [0.3, 0.4) is 0 Å². The van der Waals surface area contributed by atoms with Gasteiger partial charge in [0.05, 0.1) is 13.2 Å². The largest absolute Gasteiger partial charge is 0.472 e. The van der Waals surface area contributed by atoms with E-state index >= 15 is 0 Å². The van der Waals surface area contributed by atoms with E-state index < -0.39 is 0 Å². The van der Waals surface area contributed by atoms with Crippen molar-refractivity contribution in [2.75, 3.05) is 18.5 Å². The highest BCUT2D eigenvalue weighted by atomic mass is 19.1. The average Bonchev–Trinajstić information content (AvgIpc) is 3.14. The summed E-state index contributed by atoms with van der Waals surface area (Å²) in [5.41, 5.74) is 3.04. The standard InChI is InChI=1S/C20H20FN3O2/c1-13-9-18(16-3-2-4-17(21)20(16)24-13)23-11-14-5-7-22-19(10-14)26-15-6-8-25-12-15/h2-5,7,9-10,15H,6,8,11-12H2,1H3,(H,23,24). The first kappa shape index (κ1) is 16.7. The normalized spacial score (nSPS) is 16.8. The van der Waals surface area contributed by atoms with Gasteiger partial charge in [0.25, 0.3) is 0 Å². The van der Waals surface area contributed by atoms with Crippen molar-refractivity contribution < 1.29 is 13.9 Å². The molecular weight excluding hydrogens is 333 g/mol. The van der Waals surface area contributed by atoms with Crippen molar-refractivity contribution in [2.24, 2.45) is 0 Å². The number of nitrogens with one attached hydrogen (secondary N) is 1. The number of benzene rings is 1. The molecule has 1 fully saturated rings. The number of anilines is 1. The van der Waals surface area contributed by atoms with E-state index in [-0.39, 0.29) is 11.9 Å². The molecular formula is C20H20FN3O2. The van der Waals surface area contributed by atoms with Crippen LogP contribution in [0.4, 0.5) is 10.1 Å². The third-order valence-electron chi connectivity index (χ3n) is 4.38. The molecule has 1 aromatic carbocycles. The first-order chi connectivity index (χ1) is 12.7. The van der Waals surface area contributed by atoms with Gasteiger partial charge in [-0.15, -0.1) is 0 Å². The molecule has 4 rings (SSSR count). The van der Waals surface area contributed by atoms with Crippen molar-refractivity contribution in [2.45, 2.75) is 26.0 Å². The molecule has 1 atom stereocenters. The zero-order valence-electron chi connectivity index (χ0n) is 14.5. The van der Waals surface area contributed by atoms with Crippen molar-refractivity contribution >= 4 is 16.6 Å². The van der Waals surface area contributed by atoms with Gasteiger partial charge in [-0.25, -0.2) is 14.4 Å². The molecule has 1 aliphatic heterocycles. The van der Waals surface area contributed by atoms with Crippen LogP contribution in [0.15, 0.2) is 42.6 Å². The van der Waals surface area contributed by atoms with Crippen LogP contribution in [0, 0.1) is 12.7 Å². The predicted molar refractivity (Wildman–Crippen MR) is 97.9 cm³/mol. The third kappa shape index (κ3) is 3.60. The topological polar surface area (TPSA) is 56.3 Å². The van der Waals surface area contributed by atoms with Crippen LogP contribution >= 0.6 is 0 Å². The Kier molecular flexibility index (Phi) is 4.67. The van der Waals surface area contributed by atoms with Gasteiger partial charge in [0.2, 0.25) is 5.88 Å². The van der Waals surface area contributed by atoms with Crippen molar-refractivity contribution in [3.05, 3.63) is 59.7 Å². The Morgan fingerprint density at radius 3 is 3.08 bits per heavy atom. The molecule has 6 heteroatoms. The Morgan fingerprint density at radius 2 is 2.23 bits per heavy atom. The molecule has 3 aromatic rings. The van der Waals surface area contributed by atoms with Crippen LogP contribution in [0.1, 0.15) is 17.7 Å². The van der Waals surface area contributed by atoms with Crippen LogP contribution in [0.5, 0.6) is 5.88 Å². The van der Waals surface area contributed by atoms with Gasteiger partial charge < -0.3 is 14.8 Å². The van der Waals surface area contributed by atoms with Crippen LogP contribution in [-0.4, -0.2) is 29.3 Å². The van der Waals surface area contributed by atoms with E-state index in [9.17, 15) is 4.39 Å². The lowest BCUT2D eigenvalue weighted by atomic mass is 10.1. The molecule has 0 amide bonds. The molecule has 26 heavy (non-hydrogen) atoms. The number of halogens is 1. The maximum absolute atomic E-state index is 14.0. The number of pyridine rings is 2. The van der Waals surface area contributed by atoms with Gasteiger partial charge in [-0.2, -0.15) is 0 Å². The van der Waals surface area contributed by atoms with Crippen LogP contribution < -0.4 is 10.1 Å². The lowest BCUT2D eigenvalue weighted by molar-refractivity contribution is 0.138. The number of hydrogen-bond donors (Lipinski definition) is 1. The summed E-state index contributed by atoms with van der Waals surface area (Å²) < 4.78 is 25.2. The highest BCUT2D eigenvalue weighted by molar-refractivity contribution is 5.91. The zero-order chi connectivity index (χ0) is 17.9. The number of fused-ring (bicyclic) bond motifs is 1. The number of aromatic nitrogens is 2. The first-order valence-electron chi connectivity index (χ1n) is 8.68. The molecule has 0 radical (unpaired) electrons. The van der Waals surface area contributed by atoms with Gasteiger partial charge in [0, 0.05) is 42.0 Å². The summed E-state index contributed by atoms with van der Waals surface area (Å²) in [5, 5.41) is 4.15. The maximum atomic E-state index is 14.0. The number of nitrogens with zero attached hydrogens (tertiary/aromatic N) is 2. The summed E-state index contributed by atoms with van der Waals surface area (Å²) in [6.45, 7) is 3.78. The van der Waals surface area contributed by atoms with Gasteiger partial charge in [0.1, 0.15) is 17.4 Å². The van der Waals surface area contributed by atoms with E-state index in [2.05, 4.69) is 15.3 Å². The third-order valence-corrected chi connectivity index (χ3v) is 4.38. The average molecular weight is 353 g/mol. The highest BCUT2D eigenvalue weighted by Crippen LogP contribution is 2.26. The van der Waals surface area contributed by atoms with Gasteiger partial charge in [-0.05, 0) is 30.7 Å². The van der Waals surface area contributed by atoms with Crippen LogP contribution in [0.25, 0.3) is 10.9 Å². The van der Waals surface area contributed by atoms with Crippen molar-refractivity contribution in [1.29, 1.82) is 0 Å².